The highest BCUT2D eigenvalue weighted by Gasteiger charge is 2.48. The molecule has 3 rings (SSSR count). The van der Waals surface area contributed by atoms with Crippen molar-refractivity contribution in [1.29, 1.82) is 0 Å². The maximum atomic E-state index is 6.22. The van der Waals surface area contributed by atoms with Gasteiger partial charge in [-0.15, -0.1) is 0 Å². The zero-order chi connectivity index (χ0) is 13.6. The van der Waals surface area contributed by atoms with Gasteiger partial charge in [-0.3, -0.25) is 0 Å². The van der Waals surface area contributed by atoms with Crippen LogP contribution in [0, 0.1) is 11.8 Å². The lowest BCUT2D eigenvalue weighted by Crippen LogP contribution is -2.40. The quantitative estimate of drug-likeness (QED) is 0.883. The summed E-state index contributed by atoms with van der Waals surface area (Å²) in [6, 6.07) is 0. The van der Waals surface area contributed by atoms with Gasteiger partial charge in [0.05, 0.1) is 12.7 Å². The highest BCUT2D eigenvalue weighted by Crippen LogP contribution is 2.57. The second-order valence-electron chi connectivity index (χ2n) is 6.66. The van der Waals surface area contributed by atoms with Crippen molar-refractivity contribution in [2.24, 2.45) is 17.6 Å². The van der Waals surface area contributed by atoms with Crippen molar-refractivity contribution in [2.45, 2.75) is 57.6 Å². The maximum absolute atomic E-state index is 6.22. The molecular formula is C14H23N3O2. The molecule has 19 heavy (non-hydrogen) atoms. The van der Waals surface area contributed by atoms with Crippen molar-refractivity contribution in [1.82, 2.24) is 10.1 Å². The molecule has 1 aromatic rings. The van der Waals surface area contributed by atoms with Crippen LogP contribution in [0.15, 0.2) is 4.52 Å². The minimum absolute atomic E-state index is 0.149. The molecule has 0 bridgehead atoms. The minimum atomic E-state index is -0.687. The van der Waals surface area contributed by atoms with E-state index in [0.29, 0.717) is 18.3 Å². The molecule has 0 spiro atoms. The third-order valence-corrected chi connectivity index (χ3v) is 4.26. The number of ether oxygens (including phenoxy) is 1. The second-order valence-corrected chi connectivity index (χ2v) is 6.66. The Bertz CT molecular complexity index is 445. The Kier molecular flexibility index (Phi) is 3.14. The van der Waals surface area contributed by atoms with Gasteiger partial charge in [-0.05, 0) is 51.9 Å². The molecule has 1 heterocycles. The normalized spacial score (nSPS) is 32.4. The Morgan fingerprint density at radius 1 is 1.37 bits per heavy atom. The maximum Gasteiger partial charge on any atom is 0.229 e. The highest BCUT2D eigenvalue weighted by atomic mass is 16.5. The van der Waals surface area contributed by atoms with Crippen LogP contribution in [-0.4, -0.2) is 22.9 Å². The van der Waals surface area contributed by atoms with E-state index in [0.717, 1.165) is 17.7 Å². The summed E-state index contributed by atoms with van der Waals surface area (Å²) in [5, 5.41) is 4.06. The number of nitrogens with zero attached hydrogens (tertiary/aromatic N) is 2. The molecule has 0 aromatic carbocycles. The third kappa shape index (κ3) is 2.67. The van der Waals surface area contributed by atoms with Crippen molar-refractivity contribution >= 4 is 0 Å². The predicted molar refractivity (Wildman–Crippen MR) is 70.5 cm³/mol. The first-order valence-corrected chi connectivity index (χ1v) is 7.20. The van der Waals surface area contributed by atoms with Gasteiger partial charge in [0.25, 0.3) is 0 Å². The molecule has 5 heteroatoms. The Hall–Kier alpha value is -0.940. The van der Waals surface area contributed by atoms with E-state index in [4.69, 9.17) is 15.0 Å². The first-order valence-electron chi connectivity index (χ1n) is 7.20. The summed E-state index contributed by atoms with van der Waals surface area (Å²) < 4.78 is 11.0. The molecule has 1 aromatic heterocycles. The van der Waals surface area contributed by atoms with Gasteiger partial charge in [-0.2, -0.15) is 4.98 Å². The van der Waals surface area contributed by atoms with Crippen LogP contribution in [0.3, 0.4) is 0 Å². The molecule has 3 atom stereocenters. The first kappa shape index (κ1) is 13.1. The third-order valence-electron chi connectivity index (χ3n) is 4.26. The van der Waals surface area contributed by atoms with Gasteiger partial charge < -0.3 is 15.0 Å². The summed E-state index contributed by atoms with van der Waals surface area (Å²) in [4.78, 5) is 4.51. The predicted octanol–water partition coefficient (Wildman–Crippen LogP) is 2.18. The van der Waals surface area contributed by atoms with Crippen molar-refractivity contribution in [2.75, 3.05) is 6.61 Å². The molecule has 0 saturated heterocycles. The summed E-state index contributed by atoms with van der Waals surface area (Å²) in [7, 11) is 0. The fraction of sp³-hybridized carbons (Fsp3) is 0.857. The standard InChI is InChI=1S/C14H23N3O2/c1-8(2)18-7-14(3,15)13-16-12(19-17-13)11-5-9-4-10(9)6-11/h8-11H,4-7,15H2,1-3H3. The monoisotopic (exact) mass is 265 g/mol. The minimum Gasteiger partial charge on any atom is -0.376 e. The smallest absolute Gasteiger partial charge is 0.229 e. The fourth-order valence-corrected chi connectivity index (χ4v) is 2.95. The van der Waals surface area contributed by atoms with Crippen LogP contribution in [0.25, 0.3) is 0 Å². The second kappa shape index (κ2) is 4.56. The summed E-state index contributed by atoms with van der Waals surface area (Å²) in [6.45, 7) is 6.26. The van der Waals surface area contributed by atoms with Crippen molar-refractivity contribution in [3.63, 3.8) is 0 Å². The van der Waals surface area contributed by atoms with Gasteiger partial charge in [0, 0.05) is 5.92 Å². The Balaban J connectivity index is 1.66. The molecule has 0 aliphatic heterocycles. The van der Waals surface area contributed by atoms with Crippen LogP contribution in [0.5, 0.6) is 0 Å². The Labute approximate surface area is 113 Å². The molecule has 2 aliphatic rings. The van der Waals surface area contributed by atoms with Crippen molar-refractivity contribution < 1.29 is 9.26 Å². The summed E-state index contributed by atoms with van der Waals surface area (Å²) >= 11 is 0. The number of rotatable bonds is 5. The van der Waals surface area contributed by atoms with E-state index < -0.39 is 5.54 Å². The lowest BCUT2D eigenvalue weighted by atomic mass is 10.0. The van der Waals surface area contributed by atoms with Gasteiger partial charge in [0.15, 0.2) is 5.82 Å². The van der Waals surface area contributed by atoms with Gasteiger partial charge in [0.2, 0.25) is 5.89 Å². The Morgan fingerprint density at radius 2 is 2.05 bits per heavy atom. The van der Waals surface area contributed by atoms with Gasteiger partial charge in [-0.1, -0.05) is 5.16 Å². The van der Waals surface area contributed by atoms with E-state index in [2.05, 4.69) is 10.1 Å². The molecule has 2 fully saturated rings. The lowest BCUT2D eigenvalue weighted by Gasteiger charge is -2.21. The highest BCUT2D eigenvalue weighted by molar-refractivity contribution is 5.09. The fourth-order valence-electron chi connectivity index (χ4n) is 2.95. The van der Waals surface area contributed by atoms with Crippen molar-refractivity contribution in [3.8, 4) is 0 Å². The molecule has 2 N–H and O–H groups in total. The van der Waals surface area contributed by atoms with Gasteiger partial charge in [-0.25, -0.2) is 0 Å². The van der Waals surface area contributed by atoms with Gasteiger partial charge >= 0.3 is 0 Å². The molecule has 0 amide bonds. The molecule has 106 valence electrons. The van der Waals surface area contributed by atoms with Gasteiger partial charge in [0.1, 0.15) is 5.54 Å². The van der Waals surface area contributed by atoms with E-state index in [9.17, 15) is 0 Å². The number of hydrogen-bond donors (Lipinski definition) is 1. The van der Waals surface area contributed by atoms with Crippen LogP contribution >= 0.6 is 0 Å². The molecule has 5 nitrogen and oxygen atoms in total. The average Bonchev–Trinajstić information content (AvgIpc) is 2.84. The SMILES string of the molecule is CC(C)OCC(C)(N)c1noc(C2CC3CC3C2)n1. The van der Waals surface area contributed by atoms with E-state index in [1.165, 1.54) is 19.3 Å². The molecule has 0 radical (unpaired) electrons. The molecule has 3 unspecified atom stereocenters. The number of fused-ring (bicyclic) bond motifs is 1. The topological polar surface area (TPSA) is 74.2 Å². The van der Waals surface area contributed by atoms with Crippen LogP contribution in [0.1, 0.15) is 57.7 Å². The summed E-state index contributed by atoms with van der Waals surface area (Å²) in [5.41, 5.74) is 5.54. The molecular weight excluding hydrogens is 242 g/mol. The largest absolute Gasteiger partial charge is 0.376 e. The lowest BCUT2D eigenvalue weighted by molar-refractivity contribution is 0.0410. The van der Waals surface area contributed by atoms with Crippen LogP contribution < -0.4 is 5.73 Å². The number of hydrogen-bond acceptors (Lipinski definition) is 5. The number of aromatic nitrogens is 2. The Morgan fingerprint density at radius 3 is 2.68 bits per heavy atom. The zero-order valence-electron chi connectivity index (χ0n) is 11.9. The number of nitrogens with two attached hydrogens (primary N) is 1. The summed E-state index contributed by atoms with van der Waals surface area (Å²) in [5.74, 6) is 3.60. The van der Waals surface area contributed by atoms with E-state index in [1.807, 2.05) is 20.8 Å². The van der Waals surface area contributed by atoms with Crippen LogP contribution in [-0.2, 0) is 10.3 Å². The molecule has 2 aliphatic carbocycles. The van der Waals surface area contributed by atoms with E-state index in [1.54, 1.807) is 0 Å². The first-order chi connectivity index (χ1) is 8.95. The van der Waals surface area contributed by atoms with E-state index >= 15 is 0 Å². The van der Waals surface area contributed by atoms with Crippen LogP contribution in [0.4, 0.5) is 0 Å². The molecule has 2 saturated carbocycles. The van der Waals surface area contributed by atoms with Crippen LogP contribution in [0.2, 0.25) is 0 Å². The van der Waals surface area contributed by atoms with Crippen molar-refractivity contribution in [3.05, 3.63) is 11.7 Å². The van der Waals surface area contributed by atoms with E-state index in [-0.39, 0.29) is 6.10 Å². The zero-order valence-corrected chi connectivity index (χ0v) is 11.9. The average molecular weight is 265 g/mol. The summed E-state index contributed by atoms with van der Waals surface area (Å²) in [6.07, 6.45) is 3.96.